The maximum absolute atomic E-state index is 12.8. The van der Waals surface area contributed by atoms with Crippen molar-refractivity contribution in [2.75, 3.05) is 18.1 Å². The molecule has 0 spiro atoms. The first-order valence-electron chi connectivity index (χ1n) is 6.57. The number of hydrogen-bond acceptors (Lipinski definition) is 5. The molecule has 1 atom stereocenters. The van der Waals surface area contributed by atoms with Crippen LogP contribution in [0.25, 0.3) is 0 Å². The standard InChI is InChI=1S/C11H14F8O4S2/c1-2-23-8(20)7(3-5-24-11(17,18)19)25(21,22)6-4-9(12,13)10(14,15)16/h7H,2-6H2,1H3. The van der Waals surface area contributed by atoms with E-state index < -0.39 is 74.8 Å². The van der Waals surface area contributed by atoms with Gasteiger partial charge in [0, 0.05) is 12.2 Å². The third kappa shape index (κ3) is 8.42. The van der Waals surface area contributed by atoms with Gasteiger partial charge >= 0.3 is 23.6 Å². The molecule has 0 saturated heterocycles. The molecule has 0 aromatic heterocycles. The number of esters is 1. The Morgan fingerprint density at radius 1 is 1.08 bits per heavy atom. The number of rotatable bonds is 9. The lowest BCUT2D eigenvalue weighted by Crippen LogP contribution is -2.41. The summed E-state index contributed by atoms with van der Waals surface area (Å²) in [6, 6.07) is 0. The van der Waals surface area contributed by atoms with Crippen LogP contribution in [0.15, 0.2) is 0 Å². The summed E-state index contributed by atoms with van der Waals surface area (Å²) in [5, 5.41) is -2.26. The van der Waals surface area contributed by atoms with Crippen molar-refractivity contribution in [1.29, 1.82) is 0 Å². The van der Waals surface area contributed by atoms with Gasteiger partial charge in [-0.2, -0.15) is 35.1 Å². The summed E-state index contributed by atoms with van der Waals surface area (Å²) in [4.78, 5) is 11.6. The van der Waals surface area contributed by atoms with Gasteiger partial charge in [-0.1, -0.05) is 11.8 Å². The molecule has 4 nitrogen and oxygen atoms in total. The van der Waals surface area contributed by atoms with Gasteiger partial charge in [0.15, 0.2) is 15.1 Å². The van der Waals surface area contributed by atoms with Crippen LogP contribution in [0.3, 0.4) is 0 Å². The predicted octanol–water partition coefficient (Wildman–Crippen LogP) is 3.56. The fourth-order valence-electron chi connectivity index (χ4n) is 1.52. The van der Waals surface area contributed by atoms with E-state index in [0.29, 0.717) is 0 Å². The molecule has 0 fully saturated rings. The first-order valence-corrected chi connectivity index (χ1v) is 9.27. The third-order valence-electron chi connectivity index (χ3n) is 2.74. The zero-order valence-corrected chi connectivity index (χ0v) is 14.2. The smallest absolute Gasteiger partial charge is 0.453 e. The van der Waals surface area contributed by atoms with Crippen molar-refractivity contribution >= 4 is 27.6 Å². The van der Waals surface area contributed by atoms with Crippen molar-refractivity contribution < 1.29 is 53.1 Å². The highest BCUT2D eigenvalue weighted by Gasteiger charge is 2.57. The van der Waals surface area contributed by atoms with E-state index in [-0.39, 0.29) is 6.61 Å². The summed E-state index contributed by atoms with van der Waals surface area (Å²) in [5.74, 6) is -9.47. The minimum absolute atomic E-state index is 0.351. The van der Waals surface area contributed by atoms with Gasteiger partial charge in [0.2, 0.25) is 0 Å². The van der Waals surface area contributed by atoms with Crippen LogP contribution in [0, 0.1) is 0 Å². The Hall–Kier alpha value is -0.790. The normalized spacial score (nSPS) is 15.1. The van der Waals surface area contributed by atoms with E-state index in [1.807, 2.05) is 0 Å². The molecule has 0 heterocycles. The van der Waals surface area contributed by atoms with Crippen molar-refractivity contribution in [2.24, 2.45) is 0 Å². The van der Waals surface area contributed by atoms with Crippen molar-refractivity contribution in [1.82, 2.24) is 0 Å². The first kappa shape index (κ1) is 24.2. The second-order valence-electron chi connectivity index (χ2n) is 4.64. The molecule has 0 saturated carbocycles. The molecule has 0 aromatic carbocycles. The number of sulfone groups is 1. The number of alkyl halides is 8. The topological polar surface area (TPSA) is 60.4 Å². The lowest BCUT2D eigenvalue weighted by molar-refractivity contribution is -0.282. The quantitative estimate of drug-likeness (QED) is 0.417. The van der Waals surface area contributed by atoms with Gasteiger partial charge in [-0.25, -0.2) is 8.42 Å². The van der Waals surface area contributed by atoms with Gasteiger partial charge in [0.05, 0.1) is 12.4 Å². The molecule has 0 aromatic rings. The molecule has 0 radical (unpaired) electrons. The number of halogens is 8. The summed E-state index contributed by atoms with van der Waals surface area (Å²) < 4.78 is 126. The molecular weight excluding hydrogens is 412 g/mol. The summed E-state index contributed by atoms with van der Waals surface area (Å²) >= 11 is -0.659. The zero-order chi connectivity index (χ0) is 20.1. The van der Waals surface area contributed by atoms with Crippen LogP contribution in [0.5, 0.6) is 0 Å². The van der Waals surface area contributed by atoms with Gasteiger partial charge in [-0.3, -0.25) is 4.79 Å². The van der Waals surface area contributed by atoms with Crippen molar-refractivity contribution in [3.05, 3.63) is 0 Å². The van der Waals surface area contributed by atoms with Gasteiger partial charge in [-0.15, -0.1) is 0 Å². The third-order valence-corrected chi connectivity index (χ3v) is 5.58. The SMILES string of the molecule is CCOC(=O)C(CCSC(F)(F)F)S(=O)(=O)CCC(F)(F)C(F)(F)F. The summed E-state index contributed by atoms with van der Waals surface area (Å²) in [5.41, 5.74) is -4.73. The molecule has 25 heavy (non-hydrogen) atoms. The fourth-order valence-corrected chi connectivity index (χ4v) is 3.91. The van der Waals surface area contributed by atoms with Crippen LogP contribution in [-0.2, 0) is 19.4 Å². The van der Waals surface area contributed by atoms with E-state index >= 15 is 0 Å². The highest BCUT2D eigenvalue weighted by molar-refractivity contribution is 8.00. The molecule has 1 unspecified atom stereocenters. The van der Waals surface area contributed by atoms with Crippen LogP contribution >= 0.6 is 11.8 Å². The Morgan fingerprint density at radius 3 is 2.00 bits per heavy atom. The fraction of sp³-hybridized carbons (Fsp3) is 0.909. The van der Waals surface area contributed by atoms with E-state index in [1.54, 1.807) is 0 Å². The van der Waals surface area contributed by atoms with Gasteiger partial charge in [0.25, 0.3) is 0 Å². The van der Waals surface area contributed by atoms with Gasteiger partial charge < -0.3 is 4.74 Å². The van der Waals surface area contributed by atoms with Gasteiger partial charge in [0.1, 0.15) is 0 Å². The Bertz CT molecular complexity index is 541. The number of carbonyl (C=O) groups is 1. The molecule has 0 aliphatic carbocycles. The average Bonchev–Trinajstić information content (AvgIpc) is 2.39. The minimum atomic E-state index is -5.99. The summed E-state index contributed by atoms with van der Waals surface area (Å²) in [6.07, 6.45) is -9.09. The molecule has 0 aliphatic rings. The first-order chi connectivity index (χ1) is 11.0. The largest absolute Gasteiger partial charge is 0.465 e. The second kappa shape index (κ2) is 8.73. The zero-order valence-electron chi connectivity index (χ0n) is 12.6. The molecular formula is C11H14F8O4S2. The number of carbonyl (C=O) groups excluding carboxylic acids is 1. The van der Waals surface area contributed by atoms with Crippen LogP contribution in [0.2, 0.25) is 0 Å². The number of hydrogen-bond donors (Lipinski definition) is 0. The average molecular weight is 426 g/mol. The monoisotopic (exact) mass is 426 g/mol. The van der Waals surface area contributed by atoms with E-state index in [4.69, 9.17) is 0 Å². The number of thioether (sulfide) groups is 1. The molecule has 0 bridgehead atoms. The van der Waals surface area contributed by atoms with Crippen molar-refractivity contribution in [3.63, 3.8) is 0 Å². The highest BCUT2D eigenvalue weighted by Crippen LogP contribution is 2.38. The van der Waals surface area contributed by atoms with Crippen molar-refractivity contribution in [2.45, 2.75) is 42.6 Å². The highest BCUT2D eigenvalue weighted by atomic mass is 32.2. The maximum atomic E-state index is 12.8. The molecule has 0 aliphatic heterocycles. The Labute approximate surface area is 142 Å². The van der Waals surface area contributed by atoms with E-state index in [2.05, 4.69) is 4.74 Å². The Kier molecular flexibility index (Phi) is 8.46. The molecule has 14 heteroatoms. The molecule has 0 rings (SSSR count). The number of ether oxygens (including phenoxy) is 1. The van der Waals surface area contributed by atoms with Crippen LogP contribution in [-0.4, -0.2) is 55.4 Å². The minimum Gasteiger partial charge on any atom is -0.465 e. The van der Waals surface area contributed by atoms with Crippen LogP contribution < -0.4 is 0 Å². The lowest BCUT2D eigenvalue weighted by Gasteiger charge is -2.21. The molecule has 0 N–H and O–H groups in total. The van der Waals surface area contributed by atoms with E-state index in [9.17, 15) is 48.3 Å². The Morgan fingerprint density at radius 2 is 1.60 bits per heavy atom. The summed E-state index contributed by atoms with van der Waals surface area (Å²) in [7, 11) is -4.89. The lowest BCUT2D eigenvalue weighted by atomic mass is 10.2. The molecule has 150 valence electrons. The maximum Gasteiger partial charge on any atom is 0.453 e. The van der Waals surface area contributed by atoms with E-state index in [0.717, 1.165) is 0 Å². The predicted molar refractivity (Wildman–Crippen MR) is 73.0 cm³/mol. The molecule has 0 amide bonds. The second-order valence-corrected chi connectivity index (χ2v) is 8.11. The van der Waals surface area contributed by atoms with Crippen LogP contribution in [0.1, 0.15) is 19.8 Å². The summed E-state index contributed by atoms with van der Waals surface area (Å²) in [6.45, 7) is 0.903. The van der Waals surface area contributed by atoms with E-state index in [1.165, 1.54) is 6.92 Å². The Balaban J connectivity index is 5.17. The van der Waals surface area contributed by atoms with Crippen molar-refractivity contribution in [3.8, 4) is 0 Å². The van der Waals surface area contributed by atoms with Gasteiger partial charge in [-0.05, 0) is 13.3 Å². The van der Waals surface area contributed by atoms with Crippen LogP contribution in [0.4, 0.5) is 35.1 Å².